The van der Waals surface area contributed by atoms with Gasteiger partial charge in [-0.05, 0) is 46.1 Å². The number of piperidine rings is 2. The lowest BCUT2D eigenvalue weighted by atomic mass is 9.94. The number of esters is 1. The predicted octanol–water partition coefficient (Wildman–Crippen LogP) is 0.977. The second-order valence-electron chi connectivity index (χ2n) is 7.62. The molecule has 0 aliphatic carbocycles. The van der Waals surface area contributed by atoms with Crippen molar-refractivity contribution in [3.63, 3.8) is 0 Å². The molecule has 26 heavy (non-hydrogen) atoms. The Labute approximate surface area is 156 Å². The Kier molecular flexibility index (Phi) is 7.43. The molecule has 0 radical (unpaired) electrons. The summed E-state index contributed by atoms with van der Waals surface area (Å²) in [5.74, 6) is -0.272. The standard InChI is InChI=1S/C19H33N3O4/c1-5-26-19(25)16-9-7-11-22(13-16)17(23)14(2)21-10-6-8-15(12-21)18(24)20(3)4/h14-16H,5-13H2,1-4H3. The van der Waals surface area contributed by atoms with Crippen LogP contribution in [0.15, 0.2) is 0 Å². The molecule has 3 unspecified atom stereocenters. The molecule has 0 aromatic rings. The maximum atomic E-state index is 13.0. The van der Waals surface area contributed by atoms with Crippen LogP contribution in [-0.2, 0) is 19.1 Å². The summed E-state index contributed by atoms with van der Waals surface area (Å²) in [6.45, 7) is 6.67. The molecule has 0 spiro atoms. The lowest BCUT2D eigenvalue weighted by molar-refractivity contribution is -0.152. The number of amides is 2. The van der Waals surface area contributed by atoms with E-state index in [-0.39, 0.29) is 35.7 Å². The van der Waals surface area contributed by atoms with Crippen LogP contribution in [0.1, 0.15) is 39.5 Å². The van der Waals surface area contributed by atoms with Crippen LogP contribution in [0.3, 0.4) is 0 Å². The molecule has 0 saturated carbocycles. The fourth-order valence-corrected chi connectivity index (χ4v) is 3.98. The van der Waals surface area contributed by atoms with Crippen molar-refractivity contribution in [3.8, 4) is 0 Å². The Hall–Kier alpha value is -1.63. The minimum Gasteiger partial charge on any atom is -0.466 e. The highest BCUT2D eigenvalue weighted by atomic mass is 16.5. The van der Waals surface area contributed by atoms with E-state index in [1.165, 1.54) is 0 Å². The first-order chi connectivity index (χ1) is 12.3. The minimum atomic E-state index is -0.270. The number of carbonyl (C=O) groups is 3. The summed E-state index contributed by atoms with van der Waals surface area (Å²) >= 11 is 0. The molecule has 2 heterocycles. The molecule has 2 aliphatic rings. The maximum Gasteiger partial charge on any atom is 0.310 e. The quantitative estimate of drug-likeness (QED) is 0.678. The van der Waals surface area contributed by atoms with Crippen LogP contribution in [0.5, 0.6) is 0 Å². The monoisotopic (exact) mass is 367 g/mol. The number of hydrogen-bond acceptors (Lipinski definition) is 5. The number of nitrogens with zero attached hydrogens (tertiary/aromatic N) is 3. The van der Waals surface area contributed by atoms with Crippen molar-refractivity contribution in [3.05, 3.63) is 0 Å². The molecular weight excluding hydrogens is 334 g/mol. The molecule has 0 aromatic heterocycles. The third-order valence-corrected chi connectivity index (χ3v) is 5.50. The molecular formula is C19H33N3O4. The van der Waals surface area contributed by atoms with E-state index in [2.05, 4.69) is 4.90 Å². The van der Waals surface area contributed by atoms with Gasteiger partial charge in [0.05, 0.1) is 24.5 Å². The van der Waals surface area contributed by atoms with Crippen molar-refractivity contribution in [2.45, 2.75) is 45.6 Å². The smallest absolute Gasteiger partial charge is 0.310 e. The van der Waals surface area contributed by atoms with Crippen molar-refractivity contribution in [1.82, 2.24) is 14.7 Å². The van der Waals surface area contributed by atoms with Gasteiger partial charge in [-0.3, -0.25) is 19.3 Å². The summed E-state index contributed by atoms with van der Waals surface area (Å²) in [7, 11) is 3.55. The van der Waals surface area contributed by atoms with Crippen molar-refractivity contribution >= 4 is 17.8 Å². The molecule has 2 rings (SSSR count). The van der Waals surface area contributed by atoms with E-state index in [0.29, 0.717) is 26.2 Å². The zero-order valence-corrected chi connectivity index (χ0v) is 16.6. The zero-order chi connectivity index (χ0) is 19.3. The molecule has 7 nitrogen and oxygen atoms in total. The molecule has 2 aliphatic heterocycles. The maximum absolute atomic E-state index is 13.0. The highest BCUT2D eigenvalue weighted by Gasteiger charge is 2.35. The third kappa shape index (κ3) is 4.96. The van der Waals surface area contributed by atoms with Gasteiger partial charge in [0, 0.05) is 33.7 Å². The summed E-state index contributed by atoms with van der Waals surface area (Å²) in [5, 5.41) is 0. The lowest BCUT2D eigenvalue weighted by Crippen LogP contribution is -2.54. The van der Waals surface area contributed by atoms with Crippen molar-refractivity contribution < 1.29 is 19.1 Å². The first-order valence-electron chi connectivity index (χ1n) is 9.75. The van der Waals surface area contributed by atoms with Gasteiger partial charge < -0.3 is 14.5 Å². The molecule has 148 valence electrons. The molecule has 0 bridgehead atoms. The van der Waals surface area contributed by atoms with Crippen LogP contribution < -0.4 is 0 Å². The molecule has 0 N–H and O–H groups in total. The summed E-state index contributed by atoms with van der Waals surface area (Å²) in [5.41, 5.74) is 0. The molecule has 7 heteroatoms. The van der Waals surface area contributed by atoms with Crippen LogP contribution in [0, 0.1) is 11.8 Å². The second-order valence-corrected chi connectivity index (χ2v) is 7.62. The largest absolute Gasteiger partial charge is 0.466 e. The summed E-state index contributed by atoms with van der Waals surface area (Å²) in [6.07, 6.45) is 3.40. The zero-order valence-electron chi connectivity index (χ0n) is 16.6. The van der Waals surface area contributed by atoms with Crippen LogP contribution in [0.2, 0.25) is 0 Å². The van der Waals surface area contributed by atoms with Crippen LogP contribution in [0.25, 0.3) is 0 Å². The molecule has 2 fully saturated rings. The fourth-order valence-electron chi connectivity index (χ4n) is 3.98. The van der Waals surface area contributed by atoms with Crippen LogP contribution in [0.4, 0.5) is 0 Å². The van der Waals surface area contributed by atoms with Gasteiger partial charge in [-0.2, -0.15) is 0 Å². The molecule has 0 aromatic carbocycles. The van der Waals surface area contributed by atoms with Gasteiger partial charge in [-0.15, -0.1) is 0 Å². The van der Waals surface area contributed by atoms with Gasteiger partial charge in [-0.1, -0.05) is 0 Å². The molecule has 3 atom stereocenters. The van der Waals surface area contributed by atoms with E-state index in [1.807, 2.05) is 6.92 Å². The number of hydrogen-bond donors (Lipinski definition) is 0. The van der Waals surface area contributed by atoms with Gasteiger partial charge in [-0.25, -0.2) is 0 Å². The minimum absolute atomic E-state index is 0.0392. The SMILES string of the molecule is CCOC(=O)C1CCCN(C(=O)C(C)N2CCCC(C(=O)N(C)C)C2)C1. The first-order valence-corrected chi connectivity index (χ1v) is 9.75. The van der Waals surface area contributed by atoms with Gasteiger partial charge >= 0.3 is 5.97 Å². The van der Waals surface area contributed by atoms with Gasteiger partial charge in [0.2, 0.25) is 11.8 Å². The van der Waals surface area contributed by atoms with Crippen LogP contribution in [-0.4, -0.2) is 85.4 Å². The summed E-state index contributed by atoms with van der Waals surface area (Å²) < 4.78 is 5.12. The van der Waals surface area contributed by atoms with E-state index in [0.717, 1.165) is 32.2 Å². The summed E-state index contributed by atoms with van der Waals surface area (Å²) in [6, 6.07) is -0.270. The average molecular weight is 367 g/mol. The van der Waals surface area contributed by atoms with Crippen molar-refractivity contribution in [1.29, 1.82) is 0 Å². The Morgan fingerprint density at radius 1 is 1.08 bits per heavy atom. The van der Waals surface area contributed by atoms with E-state index in [1.54, 1.807) is 30.8 Å². The van der Waals surface area contributed by atoms with E-state index in [4.69, 9.17) is 4.74 Å². The Bertz CT molecular complexity index is 523. The van der Waals surface area contributed by atoms with E-state index < -0.39 is 0 Å². The highest BCUT2D eigenvalue weighted by Crippen LogP contribution is 2.23. The van der Waals surface area contributed by atoms with Gasteiger partial charge in [0.15, 0.2) is 0 Å². The Balaban J connectivity index is 1.95. The molecule has 2 saturated heterocycles. The second kappa shape index (κ2) is 9.35. The number of ether oxygens (including phenoxy) is 1. The number of carbonyl (C=O) groups excluding carboxylic acids is 3. The Morgan fingerprint density at radius 3 is 2.38 bits per heavy atom. The van der Waals surface area contributed by atoms with Crippen LogP contribution >= 0.6 is 0 Å². The lowest BCUT2D eigenvalue weighted by Gasteiger charge is -2.39. The fraction of sp³-hybridized carbons (Fsp3) is 0.842. The van der Waals surface area contributed by atoms with E-state index in [9.17, 15) is 14.4 Å². The average Bonchev–Trinajstić information content (AvgIpc) is 2.66. The predicted molar refractivity (Wildman–Crippen MR) is 98.4 cm³/mol. The van der Waals surface area contributed by atoms with E-state index >= 15 is 0 Å². The van der Waals surface area contributed by atoms with Gasteiger partial charge in [0.1, 0.15) is 0 Å². The van der Waals surface area contributed by atoms with Crippen molar-refractivity contribution in [2.24, 2.45) is 11.8 Å². The number of likely N-dealkylation sites (tertiary alicyclic amines) is 2. The van der Waals surface area contributed by atoms with Gasteiger partial charge in [0.25, 0.3) is 0 Å². The normalized spacial score (nSPS) is 25.5. The molecule has 2 amide bonds. The summed E-state index contributed by atoms with van der Waals surface area (Å²) in [4.78, 5) is 42.8. The number of rotatable bonds is 5. The third-order valence-electron chi connectivity index (χ3n) is 5.50. The Morgan fingerprint density at radius 2 is 1.73 bits per heavy atom. The first kappa shape index (κ1) is 20.7. The topological polar surface area (TPSA) is 70.2 Å². The highest BCUT2D eigenvalue weighted by molar-refractivity contribution is 5.83. The van der Waals surface area contributed by atoms with Crippen molar-refractivity contribution in [2.75, 3.05) is 46.9 Å².